The van der Waals surface area contributed by atoms with Gasteiger partial charge in [0, 0.05) is 27.9 Å². The lowest BCUT2D eigenvalue weighted by atomic mass is 9.95. The van der Waals surface area contributed by atoms with E-state index >= 15 is 0 Å². The first-order valence-corrected chi connectivity index (χ1v) is 10.6. The van der Waals surface area contributed by atoms with Crippen LogP contribution in [0.3, 0.4) is 0 Å². The molecule has 2 amide bonds. The van der Waals surface area contributed by atoms with E-state index in [-0.39, 0.29) is 34.5 Å². The molecule has 0 bridgehead atoms. The Labute approximate surface area is 206 Å². The van der Waals surface area contributed by atoms with E-state index in [1.807, 2.05) is 0 Å². The third-order valence-corrected chi connectivity index (χ3v) is 5.73. The number of anilines is 1. The molecule has 0 saturated heterocycles. The van der Waals surface area contributed by atoms with Gasteiger partial charge in [0.1, 0.15) is 5.54 Å². The van der Waals surface area contributed by atoms with Gasteiger partial charge in [-0.15, -0.1) is 0 Å². The molecule has 0 saturated carbocycles. The Morgan fingerprint density at radius 2 is 1.44 bits per heavy atom. The van der Waals surface area contributed by atoms with Gasteiger partial charge in [0.25, 0.3) is 5.91 Å². The first kappa shape index (κ1) is 27.0. The molecular weight excluding hydrogens is 512 g/mol. The molecular formula is C24H18ClF6N3O2. The van der Waals surface area contributed by atoms with Gasteiger partial charge in [-0.3, -0.25) is 19.5 Å². The first-order chi connectivity index (χ1) is 16.5. The second-order valence-corrected chi connectivity index (χ2v) is 8.64. The number of aromatic nitrogens is 1. The number of alkyl halides is 6. The SMILES string of the molecule is CC(C)(C(N)=O)N(C(=O)c1cc(C(F)(F)F)cc(C(F)(F)F)c1)c1cnccc1-c1ccccc1Cl. The van der Waals surface area contributed by atoms with Crippen molar-refractivity contribution < 1.29 is 35.9 Å². The van der Waals surface area contributed by atoms with Crippen LogP contribution in [0.2, 0.25) is 5.02 Å². The smallest absolute Gasteiger partial charge is 0.368 e. The zero-order chi connectivity index (χ0) is 27.1. The van der Waals surface area contributed by atoms with Crippen LogP contribution >= 0.6 is 11.6 Å². The van der Waals surface area contributed by atoms with Crippen LogP contribution in [0, 0.1) is 0 Å². The number of nitrogens with zero attached hydrogens (tertiary/aromatic N) is 2. The molecule has 1 aromatic heterocycles. The molecule has 0 fully saturated rings. The maximum absolute atomic E-state index is 13.6. The van der Waals surface area contributed by atoms with Crippen molar-refractivity contribution in [2.75, 3.05) is 4.90 Å². The van der Waals surface area contributed by atoms with Crippen LogP contribution in [0.15, 0.2) is 60.9 Å². The molecule has 1 heterocycles. The maximum atomic E-state index is 13.6. The fraction of sp³-hybridized carbons (Fsp3) is 0.208. The Morgan fingerprint density at radius 1 is 0.889 bits per heavy atom. The minimum absolute atomic E-state index is 0.0976. The minimum Gasteiger partial charge on any atom is -0.368 e. The molecule has 2 N–H and O–H groups in total. The van der Waals surface area contributed by atoms with E-state index < -0.39 is 46.4 Å². The summed E-state index contributed by atoms with van der Waals surface area (Å²) in [5.41, 5.74) is -0.239. The molecule has 190 valence electrons. The van der Waals surface area contributed by atoms with Gasteiger partial charge in [0.2, 0.25) is 5.91 Å². The highest BCUT2D eigenvalue weighted by molar-refractivity contribution is 6.33. The Kier molecular flexibility index (Phi) is 7.09. The number of halogens is 7. The van der Waals surface area contributed by atoms with Crippen molar-refractivity contribution in [2.24, 2.45) is 5.73 Å². The predicted octanol–water partition coefficient (Wildman–Crippen LogP) is 6.35. The van der Waals surface area contributed by atoms with Crippen molar-refractivity contribution in [3.05, 3.63) is 82.6 Å². The molecule has 0 aliphatic heterocycles. The third-order valence-electron chi connectivity index (χ3n) is 5.40. The van der Waals surface area contributed by atoms with Gasteiger partial charge in [-0.05, 0) is 44.2 Å². The maximum Gasteiger partial charge on any atom is 0.416 e. The molecule has 36 heavy (non-hydrogen) atoms. The van der Waals surface area contributed by atoms with Gasteiger partial charge in [-0.2, -0.15) is 26.3 Å². The predicted molar refractivity (Wildman–Crippen MR) is 121 cm³/mol. The summed E-state index contributed by atoms with van der Waals surface area (Å²) >= 11 is 6.29. The second-order valence-electron chi connectivity index (χ2n) is 8.23. The number of benzene rings is 2. The van der Waals surface area contributed by atoms with Gasteiger partial charge in [-0.1, -0.05) is 29.8 Å². The quantitative estimate of drug-likeness (QED) is 0.391. The molecule has 0 aliphatic rings. The molecule has 0 atom stereocenters. The normalized spacial score (nSPS) is 12.4. The van der Waals surface area contributed by atoms with Crippen LogP contribution in [0.25, 0.3) is 11.1 Å². The average Bonchev–Trinajstić information content (AvgIpc) is 2.78. The number of rotatable bonds is 5. The summed E-state index contributed by atoms with van der Waals surface area (Å²) < 4.78 is 80.5. The van der Waals surface area contributed by atoms with E-state index in [1.54, 1.807) is 18.2 Å². The molecule has 0 aliphatic carbocycles. The van der Waals surface area contributed by atoms with Crippen LogP contribution in [-0.4, -0.2) is 22.3 Å². The summed E-state index contributed by atoms with van der Waals surface area (Å²) in [5.74, 6) is -2.41. The summed E-state index contributed by atoms with van der Waals surface area (Å²) in [6.45, 7) is 2.41. The molecule has 12 heteroatoms. The summed E-state index contributed by atoms with van der Waals surface area (Å²) in [7, 11) is 0. The summed E-state index contributed by atoms with van der Waals surface area (Å²) in [6.07, 6.45) is -7.89. The average molecular weight is 530 g/mol. The van der Waals surface area contributed by atoms with E-state index in [1.165, 1.54) is 32.2 Å². The fourth-order valence-electron chi connectivity index (χ4n) is 3.45. The van der Waals surface area contributed by atoms with E-state index in [0.717, 1.165) is 11.1 Å². The summed E-state index contributed by atoms with van der Waals surface area (Å²) in [4.78, 5) is 30.7. The van der Waals surface area contributed by atoms with E-state index in [2.05, 4.69) is 4.98 Å². The van der Waals surface area contributed by atoms with Gasteiger partial charge in [0.05, 0.1) is 23.0 Å². The van der Waals surface area contributed by atoms with Crippen molar-refractivity contribution in [1.82, 2.24) is 4.98 Å². The molecule has 2 aromatic carbocycles. The monoisotopic (exact) mass is 529 g/mol. The summed E-state index contributed by atoms with van der Waals surface area (Å²) in [6, 6.07) is 8.27. The zero-order valence-electron chi connectivity index (χ0n) is 18.7. The first-order valence-electron chi connectivity index (χ1n) is 10.2. The number of hydrogen-bond donors (Lipinski definition) is 1. The van der Waals surface area contributed by atoms with E-state index in [4.69, 9.17) is 17.3 Å². The standard InChI is InChI=1S/C24H18ClF6N3O2/c1-22(2,21(32)36)34(19-12-33-8-7-17(19)16-5-3-4-6-18(16)25)20(35)13-9-14(23(26,27)28)11-15(10-13)24(29,30)31/h3-12H,1-2H3,(H2,32,36). The largest absolute Gasteiger partial charge is 0.416 e. The van der Waals surface area contributed by atoms with Crippen molar-refractivity contribution in [1.29, 1.82) is 0 Å². The van der Waals surface area contributed by atoms with Crippen molar-refractivity contribution >= 4 is 29.1 Å². The van der Waals surface area contributed by atoms with Gasteiger partial charge >= 0.3 is 12.4 Å². The lowest BCUT2D eigenvalue weighted by molar-refractivity contribution is -0.143. The van der Waals surface area contributed by atoms with Crippen LogP contribution in [0.1, 0.15) is 35.3 Å². The highest BCUT2D eigenvalue weighted by Gasteiger charge is 2.42. The van der Waals surface area contributed by atoms with Crippen molar-refractivity contribution in [3.8, 4) is 11.1 Å². The number of amides is 2. The highest BCUT2D eigenvalue weighted by Crippen LogP contribution is 2.40. The lowest BCUT2D eigenvalue weighted by Gasteiger charge is -2.37. The second kappa shape index (κ2) is 9.45. The third kappa shape index (κ3) is 5.30. The molecule has 5 nitrogen and oxygen atoms in total. The topological polar surface area (TPSA) is 76.3 Å². The number of hydrogen-bond acceptors (Lipinski definition) is 3. The van der Waals surface area contributed by atoms with Gasteiger partial charge in [0.15, 0.2) is 0 Å². The number of nitrogens with two attached hydrogens (primary N) is 1. The Hall–Kier alpha value is -3.60. The van der Waals surface area contributed by atoms with Crippen LogP contribution in [-0.2, 0) is 17.1 Å². The van der Waals surface area contributed by atoms with Crippen LogP contribution < -0.4 is 10.6 Å². The van der Waals surface area contributed by atoms with E-state index in [9.17, 15) is 35.9 Å². The molecule has 0 spiro atoms. The Morgan fingerprint density at radius 3 is 1.94 bits per heavy atom. The zero-order valence-corrected chi connectivity index (χ0v) is 19.5. The van der Waals surface area contributed by atoms with Crippen LogP contribution in [0.4, 0.5) is 32.0 Å². The fourth-order valence-corrected chi connectivity index (χ4v) is 3.69. The molecule has 3 rings (SSSR count). The number of carbonyl (C=O) groups is 2. The number of pyridine rings is 1. The van der Waals surface area contributed by atoms with Gasteiger partial charge < -0.3 is 5.73 Å². The Bertz CT molecular complexity index is 1290. The Balaban J connectivity index is 2.33. The minimum atomic E-state index is -5.18. The summed E-state index contributed by atoms with van der Waals surface area (Å²) in [5, 5.41) is 0.229. The lowest BCUT2D eigenvalue weighted by Crippen LogP contribution is -2.56. The van der Waals surface area contributed by atoms with Crippen LogP contribution in [0.5, 0.6) is 0 Å². The molecule has 0 unspecified atom stereocenters. The molecule has 3 aromatic rings. The number of carbonyl (C=O) groups excluding carboxylic acids is 2. The van der Waals surface area contributed by atoms with Gasteiger partial charge in [-0.25, -0.2) is 0 Å². The van der Waals surface area contributed by atoms with Crippen molar-refractivity contribution in [2.45, 2.75) is 31.7 Å². The van der Waals surface area contributed by atoms with Crippen molar-refractivity contribution in [3.63, 3.8) is 0 Å². The highest BCUT2D eigenvalue weighted by atomic mass is 35.5. The van der Waals surface area contributed by atoms with E-state index in [0.29, 0.717) is 5.56 Å². The molecule has 0 radical (unpaired) electrons. The number of primary amides is 1.